The second-order valence-electron chi connectivity index (χ2n) is 5.28. The number of benzene rings is 1. The predicted octanol–water partition coefficient (Wildman–Crippen LogP) is 2.16. The van der Waals surface area contributed by atoms with Gasteiger partial charge in [0.1, 0.15) is 18.5 Å². The Morgan fingerprint density at radius 2 is 2.11 bits per heavy atom. The van der Waals surface area contributed by atoms with E-state index >= 15 is 0 Å². The van der Waals surface area contributed by atoms with Crippen LogP contribution in [-0.4, -0.2) is 29.9 Å². The number of hydrogen-bond acceptors (Lipinski definition) is 4. The summed E-state index contributed by atoms with van der Waals surface area (Å²) in [5, 5.41) is 13.0. The SMILES string of the molecule is CC(C)(C)NCC(O)COc1cc(Br)ccc1N. The molecular formula is C13H21BrN2O2. The number of nitrogens with two attached hydrogens (primary N) is 1. The van der Waals surface area contributed by atoms with Gasteiger partial charge >= 0.3 is 0 Å². The third-order valence-electron chi connectivity index (χ3n) is 2.27. The van der Waals surface area contributed by atoms with Crippen LogP contribution in [-0.2, 0) is 0 Å². The molecule has 0 heterocycles. The Kier molecular flexibility index (Phi) is 5.44. The number of aliphatic hydroxyl groups excluding tert-OH is 1. The van der Waals surface area contributed by atoms with Gasteiger partial charge in [-0.25, -0.2) is 0 Å². The zero-order chi connectivity index (χ0) is 13.8. The molecule has 0 saturated heterocycles. The smallest absolute Gasteiger partial charge is 0.143 e. The van der Waals surface area contributed by atoms with Crippen LogP contribution in [0.25, 0.3) is 0 Å². The van der Waals surface area contributed by atoms with Gasteiger partial charge in [-0.05, 0) is 39.0 Å². The zero-order valence-corrected chi connectivity index (χ0v) is 12.6. The Bertz CT molecular complexity index is 391. The highest BCUT2D eigenvalue weighted by molar-refractivity contribution is 9.10. The summed E-state index contributed by atoms with van der Waals surface area (Å²) in [5.74, 6) is 0.583. The fraction of sp³-hybridized carbons (Fsp3) is 0.538. The van der Waals surface area contributed by atoms with Crippen molar-refractivity contribution in [2.45, 2.75) is 32.4 Å². The number of aliphatic hydroxyl groups is 1. The average molecular weight is 317 g/mol. The standard InChI is InChI=1S/C13H21BrN2O2/c1-13(2,3)16-7-10(17)8-18-12-6-9(14)4-5-11(12)15/h4-6,10,16-17H,7-8,15H2,1-3H3. The maximum Gasteiger partial charge on any atom is 0.143 e. The molecule has 0 fully saturated rings. The van der Waals surface area contributed by atoms with Gasteiger partial charge in [0.2, 0.25) is 0 Å². The van der Waals surface area contributed by atoms with E-state index in [-0.39, 0.29) is 12.1 Å². The Morgan fingerprint density at radius 1 is 1.44 bits per heavy atom. The fourth-order valence-corrected chi connectivity index (χ4v) is 1.64. The van der Waals surface area contributed by atoms with Crippen molar-refractivity contribution in [2.24, 2.45) is 0 Å². The van der Waals surface area contributed by atoms with E-state index in [1.807, 2.05) is 26.8 Å². The van der Waals surface area contributed by atoms with E-state index in [0.717, 1.165) is 4.47 Å². The van der Waals surface area contributed by atoms with Crippen LogP contribution < -0.4 is 15.8 Å². The van der Waals surface area contributed by atoms with Gasteiger partial charge in [0.15, 0.2) is 0 Å². The molecule has 1 aromatic carbocycles. The summed E-state index contributed by atoms with van der Waals surface area (Å²) in [6.07, 6.45) is -0.567. The Morgan fingerprint density at radius 3 is 2.72 bits per heavy atom. The second kappa shape index (κ2) is 6.41. The highest BCUT2D eigenvalue weighted by Gasteiger charge is 2.13. The summed E-state index contributed by atoms with van der Waals surface area (Å²) >= 11 is 3.35. The van der Waals surface area contributed by atoms with E-state index in [1.54, 1.807) is 12.1 Å². The molecular weight excluding hydrogens is 296 g/mol. The summed E-state index contributed by atoms with van der Waals surface area (Å²) in [6, 6.07) is 5.40. The van der Waals surface area contributed by atoms with Crippen molar-refractivity contribution in [3.8, 4) is 5.75 Å². The quantitative estimate of drug-likeness (QED) is 0.728. The van der Waals surface area contributed by atoms with E-state index < -0.39 is 6.10 Å². The van der Waals surface area contributed by atoms with Gasteiger partial charge in [-0.1, -0.05) is 15.9 Å². The lowest BCUT2D eigenvalue weighted by atomic mass is 10.1. The van der Waals surface area contributed by atoms with Crippen molar-refractivity contribution < 1.29 is 9.84 Å². The third kappa shape index (κ3) is 5.71. The van der Waals surface area contributed by atoms with Crippen LogP contribution in [0.5, 0.6) is 5.75 Å². The fourth-order valence-electron chi connectivity index (χ4n) is 1.30. The molecule has 1 atom stereocenters. The second-order valence-corrected chi connectivity index (χ2v) is 6.19. The number of ether oxygens (including phenoxy) is 1. The number of nitrogens with one attached hydrogen (secondary N) is 1. The molecule has 4 nitrogen and oxygen atoms in total. The molecule has 1 unspecified atom stereocenters. The molecule has 102 valence electrons. The van der Waals surface area contributed by atoms with Gasteiger partial charge in [-0.15, -0.1) is 0 Å². The molecule has 0 spiro atoms. The lowest BCUT2D eigenvalue weighted by molar-refractivity contribution is 0.100. The minimum absolute atomic E-state index is 0.0181. The molecule has 4 N–H and O–H groups in total. The summed E-state index contributed by atoms with van der Waals surface area (Å²) in [7, 11) is 0. The lowest BCUT2D eigenvalue weighted by Crippen LogP contribution is -2.42. The minimum Gasteiger partial charge on any atom is -0.489 e. The summed E-state index contributed by atoms with van der Waals surface area (Å²) in [6.45, 7) is 6.84. The van der Waals surface area contributed by atoms with Crippen molar-refractivity contribution in [3.63, 3.8) is 0 Å². The van der Waals surface area contributed by atoms with Crippen molar-refractivity contribution in [3.05, 3.63) is 22.7 Å². The first kappa shape index (κ1) is 15.3. The molecule has 0 aliphatic heterocycles. The van der Waals surface area contributed by atoms with Crippen LogP contribution in [0.2, 0.25) is 0 Å². The molecule has 1 aromatic rings. The van der Waals surface area contributed by atoms with Crippen LogP contribution in [0.15, 0.2) is 22.7 Å². The Hall–Kier alpha value is -0.780. The zero-order valence-electron chi connectivity index (χ0n) is 11.0. The first-order valence-corrected chi connectivity index (χ1v) is 6.68. The molecule has 0 aliphatic carbocycles. The predicted molar refractivity (Wildman–Crippen MR) is 77.8 cm³/mol. The molecule has 0 saturated carbocycles. The van der Waals surface area contributed by atoms with Crippen LogP contribution in [0, 0.1) is 0 Å². The number of β-amino-alcohol motifs (C(OH)–C–C–N with tert-alkyl or cyclic N) is 1. The largest absolute Gasteiger partial charge is 0.489 e. The molecule has 18 heavy (non-hydrogen) atoms. The van der Waals surface area contributed by atoms with E-state index in [0.29, 0.717) is 18.0 Å². The third-order valence-corrected chi connectivity index (χ3v) is 2.77. The van der Waals surface area contributed by atoms with Crippen LogP contribution in [0.4, 0.5) is 5.69 Å². The van der Waals surface area contributed by atoms with Crippen molar-refractivity contribution in [2.75, 3.05) is 18.9 Å². The van der Waals surface area contributed by atoms with E-state index in [4.69, 9.17) is 10.5 Å². The highest BCUT2D eigenvalue weighted by atomic mass is 79.9. The lowest BCUT2D eigenvalue weighted by Gasteiger charge is -2.23. The van der Waals surface area contributed by atoms with Crippen LogP contribution >= 0.6 is 15.9 Å². The van der Waals surface area contributed by atoms with E-state index in [9.17, 15) is 5.11 Å². The maximum absolute atomic E-state index is 9.79. The average Bonchev–Trinajstić information content (AvgIpc) is 2.26. The van der Waals surface area contributed by atoms with Gasteiger partial charge in [0, 0.05) is 16.6 Å². The van der Waals surface area contributed by atoms with Gasteiger partial charge in [0.05, 0.1) is 5.69 Å². The molecule has 1 rings (SSSR count). The summed E-state index contributed by atoms with van der Waals surface area (Å²) < 4.78 is 6.40. The van der Waals surface area contributed by atoms with Crippen LogP contribution in [0.3, 0.4) is 0 Å². The number of rotatable bonds is 5. The molecule has 0 amide bonds. The number of anilines is 1. The molecule has 0 aliphatic rings. The summed E-state index contributed by atoms with van der Waals surface area (Å²) in [5.41, 5.74) is 6.32. The minimum atomic E-state index is -0.567. The Labute approximate surface area is 117 Å². The number of nitrogen functional groups attached to an aromatic ring is 1. The van der Waals surface area contributed by atoms with Gasteiger partial charge in [0.25, 0.3) is 0 Å². The van der Waals surface area contributed by atoms with Crippen molar-refractivity contribution in [1.29, 1.82) is 0 Å². The first-order chi connectivity index (χ1) is 8.28. The molecule has 0 radical (unpaired) electrons. The Balaban J connectivity index is 2.42. The van der Waals surface area contributed by atoms with E-state index in [1.165, 1.54) is 0 Å². The van der Waals surface area contributed by atoms with Crippen molar-refractivity contribution >= 4 is 21.6 Å². The first-order valence-electron chi connectivity index (χ1n) is 5.89. The topological polar surface area (TPSA) is 67.5 Å². The highest BCUT2D eigenvalue weighted by Crippen LogP contribution is 2.25. The van der Waals surface area contributed by atoms with Crippen LogP contribution in [0.1, 0.15) is 20.8 Å². The van der Waals surface area contributed by atoms with Gasteiger partial charge in [-0.3, -0.25) is 0 Å². The summed E-state index contributed by atoms with van der Waals surface area (Å²) in [4.78, 5) is 0. The normalized spacial score (nSPS) is 13.4. The molecule has 5 heteroatoms. The molecule has 0 aromatic heterocycles. The van der Waals surface area contributed by atoms with Gasteiger partial charge in [-0.2, -0.15) is 0 Å². The molecule has 0 bridgehead atoms. The van der Waals surface area contributed by atoms with Gasteiger partial charge < -0.3 is 20.9 Å². The monoisotopic (exact) mass is 316 g/mol. The van der Waals surface area contributed by atoms with E-state index in [2.05, 4.69) is 21.2 Å². The number of halogens is 1. The number of hydrogen-bond donors (Lipinski definition) is 3. The maximum atomic E-state index is 9.79. The van der Waals surface area contributed by atoms with Crippen molar-refractivity contribution in [1.82, 2.24) is 5.32 Å².